The van der Waals surface area contributed by atoms with Crippen LogP contribution in [0.25, 0.3) is 11.3 Å². The minimum absolute atomic E-state index is 0.0393. The Bertz CT molecular complexity index is 676. The van der Waals surface area contributed by atoms with Crippen molar-refractivity contribution in [2.45, 2.75) is 19.8 Å². The number of nitrogens with one attached hydrogen (secondary N) is 2. The number of nitrogens with zero attached hydrogens (tertiary/aromatic N) is 1. The van der Waals surface area contributed by atoms with E-state index < -0.39 is 0 Å². The van der Waals surface area contributed by atoms with Crippen LogP contribution < -0.4 is 15.4 Å². The van der Waals surface area contributed by atoms with Gasteiger partial charge in [0.15, 0.2) is 5.13 Å². The Kier molecular flexibility index (Phi) is 4.93. The molecule has 3 rings (SSSR count). The third-order valence-electron chi connectivity index (χ3n) is 4.06. The Morgan fingerprint density at radius 1 is 1.39 bits per heavy atom. The fourth-order valence-electron chi connectivity index (χ4n) is 2.75. The van der Waals surface area contributed by atoms with Crippen LogP contribution in [0.2, 0.25) is 0 Å². The lowest BCUT2D eigenvalue weighted by atomic mass is 9.99. The molecule has 0 aliphatic carbocycles. The highest BCUT2D eigenvalue weighted by Gasteiger charge is 2.22. The van der Waals surface area contributed by atoms with E-state index in [0.717, 1.165) is 47.8 Å². The Labute approximate surface area is 140 Å². The van der Waals surface area contributed by atoms with Crippen LogP contribution in [0.5, 0.6) is 5.75 Å². The Morgan fingerprint density at radius 2 is 2.17 bits per heavy atom. The number of piperidine rings is 1. The number of carbonyl (C=O) groups is 1. The number of amides is 1. The highest BCUT2D eigenvalue weighted by atomic mass is 32.1. The van der Waals surface area contributed by atoms with Gasteiger partial charge in [0.25, 0.3) is 0 Å². The minimum Gasteiger partial charge on any atom is -0.497 e. The maximum Gasteiger partial charge on any atom is 0.230 e. The van der Waals surface area contributed by atoms with E-state index in [1.165, 1.54) is 11.3 Å². The summed E-state index contributed by atoms with van der Waals surface area (Å²) in [6.07, 6.45) is 1.99. The SMILES string of the molecule is COc1ccc(-c2nc(NC(=O)C3CCCNC3)sc2C)cc1. The maximum absolute atomic E-state index is 12.3. The lowest BCUT2D eigenvalue weighted by molar-refractivity contribution is -0.120. The molecule has 1 fully saturated rings. The maximum atomic E-state index is 12.3. The van der Waals surface area contributed by atoms with Crippen LogP contribution in [0.15, 0.2) is 24.3 Å². The fourth-order valence-corrected chi connectivity index (χ4v) is 3.59. The van der Waals surface area contributed by atoms with Gasteiger partial charge in [-0.05, 0) is 50.6 Å². The van der Waals surface area contributed by atoms with E-state index in [2.05, 4.69) is 15.6 Å². The van der Waals surface area contributed by atoms with Gasteiger partial charge in [-0.1, -0.05) is 0 Å². The van der Waals surface area contributed by atoms with Gasteiger partial charge < -0.3 is 15.4 Å². The zero-order valence-electron chi connectivity index (χ0n) is 13.4. The van der Waals surface area contributed by atoms with Crippen LogP contribution in [0.3, 0.4) is 0 Å². The standard InChI is InChI=1S/C17H21N3O2S/c1-11-15(12-5-7-14(22-2)8-6-12)19-17(23-11)20-16(21)13-4-3-9-18-10-13/h5-8,13,18H,3-4,9-10H2,1-2H3,(H,19,20,21). The molecule has 1 saturated heterocycles. The van der Waals surface area contributed by atoms with Crippen molar-refractivity contribution in [3.05, 3.63) is 29.1 Å². The number of benzene rings is 1. The average Bonchev–Trinajstić information content (AvgIpc) is 2.96. The molecule has 2 aromatic rings. The topological polar surface area (TPSA) is 63.2 Å². The largest absolute Gasteiger partial charge is 0.497 e. The third-order valence-corrected chi connectivity index (χ3v) is 4.94. The summed E-state index contributed by atoms with van der Waals surface area (Å²) in [7, 11) is 1.65. The summed E-state index contributed by atoms with van der Waals surface area (Å²) in [5, 5.41) is 6.90. The second-order valence-electron chi connectivity index (χ2n) is 5.68. The number of anilines is 1. The summed E-state index contributed by atoms with van der Waals surface area (Å²) >= 11 is 1.52. The summed E-state index contributed by atoms with van der Waals surface area (Å²) in [4.78, 5) is 18.0. The lowest BCUT2D eigenvalue weighted by Gasteiger charge is -2.21. The van der Waals surface area contributed by atoms with E-state index in [9.17, 15) is 4.79 Å². The molecule has 1 unspecified atom stereocenters. The second-order valence-corrected chi connectivity index (χ2v) is 6.89. The van der Waals surface area contributed by atoms with Gasteiger partial charge in [-0.2, -0.15) is 0 Å². The third kappa shape index (κ3) is 3.71. The molecule has 1 aliphatic rings. The molecule has 122 valence electrons. The molecule has 5 nitrogen and oxygen atoms in total. The van der Waals surface area contributed by atoms with Gasteiger partial charge in [-0.15, -0.1) is 11.3 Å². The Balaban J connectivity index is 1.73. The monoisotopic (exact) mass is 331 g/mol. The number of thiazole rings is 1. The Morgan fingerprint density at radius 3 is 2.83 bits per heavy atom. The molecule has 1 atom stereocenters. The highest BCUT2D eigenvalue weighted by Crippen LogP contribution is 2.31. The first-order valence-electron chi connectivity index (χ1n) is 7.81. The van der Waals surface area contributed by atoms with Crippen LogP contribution in [0.1, 0.15) is 17.7 Å². The van der Waals surface area contributed by atoms with Gasteiger partial charge in [0.1, 0.15) is 5.75 Å². The number of hydrogen-bond donors (Lipinski definition) is 2. The average molecular weight is 331 g/mol. The van der Waals surface area contributed by atoms with E-state index in [1.807, 2.05) is 31.2 Å². The summed E-state index contributed by atoms with van der Waals surface area (Å²) in [5.74, 6) is 0.921. The molecule has 2 N–H and O–H groups in total. The van der Waals surface area contributed by atoms with Crippen molar-refractivity contribution in [3.63, 3.8) is 0 Å². The van der Waals surface area contributed by atoms with Crippen LogP contribution >= 0.6 is 11.3 Å². The van der Waals surface area contributed by atoms with Crippen LogP contribution in [0, 0.1) is 12.8 Å². The molecule has 1 amide bonds. The molecule has 1 aromatic carbocycles. The number of aromatic nitrogens is 1. The first-order valence-corrected chi connectivity index (χ1v) is 8.62. The van der Waals surface area contributed by atoms with Crippen molar-refractivity contribution in [2.75, 3.05) is 25.5 Å². The summed E-state index contributed by atoms with van der Waals surface area (Å²) < 4.78 is 5.18. The molecule has 0 spiro atoms. The summed E-state index contributed by atoms with van der Waals surface area (Å²) in [6.45, 7) is 3.78. The zero-order chi connectivity index (χ0) is 16.2. The minimum atomic E-state index is 0.0393. The zero-order valence-corrected chi connectivity index (χ0v) is 14.2. The normalized spacial score (nSPS) is 17.7. The molecule has 6 heteroatoms. The van der Waals surface area contributed by atoms with Gasteiger partial charge in [0.2, 0.25) is 5.91 Å². The molecular weight excluding hydrogens is 310 g/mol. The van der Waals surface area contributed by atoms with Crippen molar-refractivity contribution >= 4 is 22.4 Å². The van der Waals surface area contributed by atoms with Gasteiger partial charge >= 0.3 is 0 Å². The first-order chi connectivity index (χ1) is 11.2. The van der Waals surface area contributed by atoms with E-state index in [4.69, 9.17) is 4.74 Å². The summed E-state index contributed by atoms with van der Waals surface area (Å²) in [6, 6.07) is 7.80. The molecule has 1 aliphatic heterocycles. The van der Waals surface area contributed by atoms with Crippen LogP contribution in [-0.4, -0.2) is 31.1 Å². The second kappa shape index (κ2) is 7.10. The van der Waals surface area contributed by atoms with Crippen molar-refractivity contribution in [1.82, 2.24) is 10.3 Å². The number of carbonyl (C=O) groups excluding carboxylic acids is 1. The molecule has 0 saturated carbocycles. The van der Waals surface area contributed by atoms with Crippen LogP contribution in [-0.2, 0) is 4.79 Å². The number of aryl methyl sites for hydroxylation is 1. The quantitative estimate of drug-likeness (QED) is 0.904. The lowest BCUT2D eigenvalue weighted by Crippen LogP contribution is -2.37. The smallest absolute Gasteiger partial charge is 0.230 e. The van der Waals surface area contributed by atoms with Gasteiger partial charge in [0.05, 0.1) is 18.7 Å². The van der Waals surface area contributed by atoms with E-state index in [1.54, 1.807) is 7.11 Å². The predicted octanol–water partition coefficient (Wildman–Crippen LogP) is 3.07. The van der Waals surface area contributed by atoms with Crippen molar-refractivity contribution < 1.29 is 9.53 Å². The fraction of sp³-hybridized carbons (Fsp3) is 0.412. The van der Waals surface area contributed by atoms with Gasteiger partial charge in [0, 0.05) is 17.0 Å². The molecule has 0 bridgehead atoms. The van der Waals surface area contributed by atoms with E-state index in [-0.39, 0.29) is 11.8 Å². The highest BCUT2D eigenvalue weighted by molar-refractivity contribution is 7.16. The number of rotatable bonds is 4. The molecular formula is C17H21N3O2S. The molecule has 0 radical (unpaired) electrons. The molecule has 2 heterocycles. The van der Waals surface area contributed by atoms with E-state index in [0.29, 0.717) is 5.13 Å². The van der Waals surface area contributed by atoms with Crippen molar-refractivity contribution in [1.29, 1.82) is 0 Å². The predicted molar refractivity (Wildman–Crippen MR) is 93.1 cm³/mol. The summed E-state index contributed by atoms with van der Waals surface area (Å²) in [5.41, 5.74) is 1.94. The first kappa shape index (κ1) is 16.0. The van der Waals surface area contributed by atoms with E-state index >= 15 is 0 Å². The van der Waals surface area contributed by atoms with Gasteiger partial charge in [-0.25, -0.2) is 4.98 Å². The Hall–Kier alpha value is -1.92. The van der Waals surface area contributed by atoms with Gasteiger partial charge in [-0.3, -0.25) is 4.79 Å². The number of methoxy groups -OCH3 is 1. The van der Waals surface area contributed by atoms with Crippen molar-refractivity contribution in [2.24, 2.45) is 5.92 Å². The molecule has 23 heavy (non-hydrogen) atoms. The van der Waals surface area contributed by atoms with Crippen LogP contribution in [0.4, 0.5) is 5.13 Å². The van der Waals surface area contributed by atoms with Crippen molar-refractivity contribution in [3.8, 4) is 17.0 Å². The number of ether oxygens (including phenoxy) is 1. The number of hydrogen-bond acceptors (Lipinski definition) is 5. The molecule has 1 aromatic heterocycles.